The summed E-state index contributed by atoms with van der Waals surface area (Å²) in [6, 6.07) is 14.6. The van der Waals surface area contributed by atoms with Crippen LogP contribution >= 0.6 is 0 Å². The fourth-order valence-corrected chi connectivity index (χ4v) is 3.52. The van der Waals surface area contributed by atoms with Gasteiger partial charge in [-0.1, -0.05) is 30.3 Å². The standard InChI is InChI=1S/C22H25N5O5/c1-22(16-8-6-11-18(14-16)27(31)32)20(29)26(21(30)24-22)15-19(28)23-12-7-13-25(2)17-9-4-3-5-10-17/h3-6,8-11,14H,7,12-13,15H2,1-2H3,(H,23,28)(H,24,30). The van der Waals surface area contributed by atoms with Gasteiger partial charge in [-0.25, -0.2) is 4.79 Å². The zero-order valence-corrected chi connectivity index (χ0v) is 17.9. The molecule has 10 nitrogen and oxygen atoms in total. The lowest BCUT2D eigenvalue weighted by molar-refractivity contribution is -0.385. The summed E-state index contributed by atoms with van der Waals surface area (Å²) in [5.41, 5.74) is -0.333. The Kier molecular flexibility index (Phi) is 6.72. The molecule has 1 saturated heterocycles. The average molecular weight is 439 g/mol. The topological polar surface area (TPSA) is 125 Å². The minimum absolute atomic E-state index is 0.192. The molecule has 4 amide bonds. The van der Waals surface area contributed by atoms with Gasteiger partial charge in [0.25, 0.3) is 11.6 Å². The number of nitro benzene ring substituents is 1. The van der Waals surface area contributed by atoms with E-state index in [1.54, 1.807) is 0 Å². The molecule has 1 atom stereocenters. The summed E-state index contributed by atoms with van der Waals surface area (Å²) < 4.78 is 0. The number of anilines is 1. The molecule has 0 spiro atoms. The molecule has 32 heavy (non-hydrogen) atoms. The Morgan fingerprint density at radius 2 is 1.91 bits per heavy atom. The highest BCUT2D eigenvalue weighted by Gasteiger charge is 2.49. The van der Waals surface area contributed by atoms with Gasteiger partial charge in [0.1, 0.15) is 12.1 Å². The molecule has 3 rings (SSSR count). The molecule has 2 aromatic carbocycles. The second-order valence-corrected chi connectivity index (χ2v) is 7.71. The van der Waals surface area contributed by atoms with Gasteiger partial charge in [-0.15, -0.1) is 0 Å². The monoisotopic (exact) mass is 439 g/mol. The zero-order valence-electron chi connectivity index (χ0n) is 17.9. The lowest BCUT2D eigenvalue weighted by atomic mass is 9.91. The molecule has 1 aliphatic heterocycles. The van der Waals surface area contributed by atoms with E-state index in [4.69, 9.17) is 0 Å². The lowest BCUT2D eigenvalue weighted by Gasteiger charge is -2.22. The van der Waals surface area contributed by atoms with E-state index in [2.05, 4.69) is 15.5 Å². The number of rotatable bonds is 9. The highest BCUT2D eigenvalue weighted by Crippen LogP contribution is 2.30. The second kappa shape index (κ2) is 9.46. The highest BCUT2D eigenvalue weighted by atomic mass is 16.6. The Balaban J connectivity index is 1.54. The Hall–Kier alpha value is -3.95. The van der Waals surface area contributed by atoms with Crippen molar-refractivity contribution >= 4 is 29.2 Å². The lowest BCUT2D eigenvalue weighted by Crippen LogP contribution is -2.43. The van der Waals surface area contributed by atoms with Gasteiger partial charge in [-0.3, -0.25) is 24.6 Å². The zero-order chi connectivity index (χ0) is 23.3. The van der Waals surface area contributed by atoms with Gasteiger partial charge in [0.2, 0.25) is 5.91 Å². The molecule has 2 N–H and O–H groups in total. The van der Waals surface area contributed by atoms with Crippen LogP contribution in [0.2, 0.25) is 0 Å². The number of nitro groups is 1. The summed E-state index contributed by atoms with van der Waals surface area (Å²) in [5.74, 6) is -1.10. The van der Waals surface area contributed by atoms with E-state index in [9.17, 15) is 24.5 Å². The van der Waals surface area contributed by atoms with Crippen molar-refractivity contribution in [2.75, 3.05) is 31.6 Å². The van der Waals surface area contributed by atoms with Crippen LogP contribution in [0.1, 0.15) is 18.9 Å². The van der Waals surface area contributed by atoms with Crippen molar-refractivity contribution in [1.82, 2.24) is 15.5 Å². The predicted molar refractivity (Wildman–Crippen MR) is 118 cm³/mol. The van der Waals surface area contributed by atoms with Crippen molar-refractivity contribution in [2.24, 2.45) is 0 Å². The number of amides is 4. The molecule has 2 aromatic rings. The Bertz CT molecular complexity index is 1030. The third kappa shape index (κ3) is 4.85. The number of hydrogen-bond acceptors (Lipinski definition) is 6. The third-order valence-corrected chi connectivity index (χ3v) is 5.40. The first kappa shape index (κ1) is 22.7. The number of urea groups is 1. The third-order valence-electron chi connectivity index (χ3n) is 5.40. The normalized spacial score (nSPS) is 17.8. The Morgan fingerprint density at radius 3 is 2.59 bits per heavy atom. The summed E-state index contributed by atoms with van der Waals surface area (Å²) in [4.78, 5) is 51.0. The number of hydrogen-bond donors (Lipinski definition) is 2. The number of benzene rings is 2. The Morgan fingerprint density at radius 1 is 1.19 bits per heavy atom. The van der Waals surface area contributed by atoms with Gasteiger partial charge < -0.3 is 15.5 Å². The van der Waals surface area contributed by atoms with Crippen LogP contribution < -0.4 is 15.5 Å². The predicted octanol–water partition coefficient (Wildman–Crippen LogP) is 2.00. The second-order valence-electron chi connectivity index (χ2n) is 7.71. The highest BCUT2D eigenvalue weighted by molar-refractivity contribution is 6.09. The molecule has 1 heterocycles. The number of carbonyl (C=O) groups is 3. The van der Waals surface area contributed by atoms with Crippen molar-refractivity contribution in [3.8, 4) is 0 Å². The summed E-state index contributed by atoms with van der Waals surface area (Å²) >= 11 is 0. The van der Waals surface area contributed by atoms with Crippen LogP contribution in [-0.2, 0) is 15.1 Å². The Labute approximate surface area is 185 Å². The summed E-state index contributed by atoms with van der Waals surface area (Å²) in [7, 11) is 1.96. The molecule has 0 aliphatic carbocycles. The molecule has 168 valence electrons. The van der Waals surface area contributed by atoms with Crippen molar-refractivity contribution in [3.63, 3.8) is 0 Å². The smallest absolute Gasteiger partial charge is 0.325 e. The number of para-hydroxylation sites is 1. The number of nitrogens with one attached hydrogen (secondary N) is 2. The minimum atomic E-state index is -1.48. The summed E-state index contributed by atoms with van der Waals surface area (Å²) in [6.45, 7) is 2.15. The largest absolute Gasteiger partial charge is 0.375 e. The van der Waals surface area contributed by atoms with Crippen LogP contribution in [0.5, 0.6) is 0 Å². The fourth-order valence-electron chi connectivity index (χ4n) is 3.52. The fraction of sp³-hybridized carbons (Fsp3) is 0.318. The molecule has 1 unspecified atom stereocenters. The van der Waals surface area contributed by atoms with Crippen molar-refractivity contribution in [2.45, 2.75) is 18.9 Å². The average Bonchev–Trinajstić information content (AvgIpc) is 3.01. The number of carbonyl (C=O) groups excluding carboxylic acids is 3. The quantitative estimate of drug-likeness (QED) is 0.266. The number of imide groups is 1. The molecule has 1 aliphatic rings. The van der Waals surface area contributed by atoms with Crippen LogP contribution in [0.3, 0.4) is 0 Å². The van der Waals surface area contributed by atoms with E-state index in [1.807, 2.05) is 37.4 Å². The van der Waals surface area contributed by atoms with Crippen molar-refractivity contribution in [1.29, 1.82) is 0 Å². The van der Waals surface area contributed by atoms with Crippen LogP contribution in [0.4, 0.5) is 16.2 Å². The van der Waals surface area contributed by atoms with E-state index >= 15 is 0 Å². The van der Waals surface area contributed by atoms with Crippen molar-refractivity contribution < 1.29 is 19.3 Å². The van der Waals surface area contributed by atoms with E-state index in [1.165, 1.54) is 31.2 Å². The van der Waals surface area contributed by atoms with Crippen LogP contribution in [0, 0.1) is 10.1 Å². The van der Waals surface area contributed by atoms with Gasteiger partial charge in [-0.05, 0) is 31.0 Å². The number of nitrogens with zero attached hydrogens (tertiary/aromatic N) is 3. The van der Waals surface area contributed by atoms with Crippen LogP contribution in [-0.4, -0.2) is 54.4 Å². The van der Waals surface area contributed by atoms with Gasteiger partial charge in [0.05, 0.1) is 4.92 Å². The summed E-state index contributed by atoms with van der Waals surface area (Å²) in [5, 5.41) is 16.3. The van der Waals surface area contributed by atoms with E-state index in [-0.39, 0.29) is 11.3 Å². The molecular weight excluding hydrogens is 414 g/mol. The van der Waals surface area contributed by atoms with E-state index in [0.717, 1.165) is 17.1 Å². The summed E-state index contributed by atoms with van der Waals surface area (Å²) in [6.07, 6.45) is 0.683. The van der Waals surface area contributed by atoms with Crippen LogP contribution in [0.25, 0.3) is 0 Å². The molecule has 1 fully saturated rings. The first-order chi connectivity index (χ1) is 15.2. The van der Waals surface area contributed by atoms with E-state index < -0.39 is 34.9 Å². The first-order valence-electron chi connectivity index (χ1n) is 10.1. The van der Waals surface area contributed by atoms with Crippen LogP contribution in [0.15, 0.2) is 54.6 Å². The maximum Gasteiger partial charge on any atom is 0.325 e. The molecule has 10 heteroatoms. The van der Waals surface area contributed by atoms with E-state index in [0.29, 0.717) is 13.0 Å². The minimum Gasteiger partial charge on any atom is -0.375 e. The van der Waals surface area contributed by atoms with Gasteiger partial charge in [0.15, 0.2) is 0 Å². The SMILES string of the molecule is CN(CCCNC(=O)CN1C(=O)NC(C)(c2cccc([N+](=O)[O-])c2)C1=O)c1ccccc1. The van der Waals surface area contributed by atoms with Gasteiger partial charge >= 0.3 is 6.03 Å². The van der Waals surface area contributed by atoms with Crippen molar-refractivity contribution in [3.05, 3.63) is 70.3 Å². The number of non-ortho nitro benzene ring substituents is 1. The maximum absolute atomic E-state index is 12.9. The van der Waals surface area contributed by atoms with Gasteiger partial charge in [0, 0.05) is 38.0 Å². The molecule has 0 radical (unpaired) electrons. The van der Waals surface area contributed by atoms with Gasteiger partial charge in [-0.2, -0.15) is 0 Å². The molecule has 0 aromatic heterocycles. The molecule has 0 saturated carbocycles. The molecule has 0 bridgehead atoms. The maximum atomic E-state index is 12.9. The molecular formula is C22H25N5O5. The first-order valence-corrected chi connectivity index (χ1v) is 10.1.